The highest BCUT2D eigenvalue weighted by Gasteiger charge is 2.16. The minimum absolute atomic E-state index is 0.486. The lowest BCUT2D eigenvalue weighted by Crippen LogP contribution is -2.35. The largest absolute Gasteiger partial charge is 0.243 e. The summed E-state index contributed by atoms with van der Waals surface area (Å²) in [5, 5.41) is 0. The summed E-state index contributed by atoms with van der Waals surface area (Å²) in [4.78, 5) is 0. The molecule has 0 spiro atoms. The van der Waals surface area contributed by atoms with Gasteiger partial charge in [0.15, 0.2) is 0 Å². The van der Waals surface area contributed by atoms with Crippen LogP contribution in [-0.2, 0) is 19.5 Å². The van der Waals surface area contributed by atoms with Crippen LogP contribution >= 0.6 is 0 Å². The van der Waals surface area contributed by atoms with E-state index >= 15 is 0 Å². The molecule has 1 atom stereocenters. The Bertz CT molecular complexity index is 731. The summed E-state index contributed by atoms with van der Waals surface area (Å²) < 4.78 is 4.66. The monoisotopic (exact) mass is 333 g/mol. The average Bonchev–Trinajstić information content (AvgIpc) is 3.10. The van der Waals surface area contributed by atoms with Crippen molar-refractivity contribution in [2.24, 2.45) is 0 Å². The van der Waals surface area contributed by atoms with Gasteiger partial charge in [0.1, 0.15) is 12.4 Å². The third-order valence-corrected chi connectivity index (χ3v) is 4.79. The van der Waals surface area contributed by atoms with Crippen LogP contribution in [0.5, 0.6) is 0 Å². The zero-order valence-electron chi connectivity index (χ0n) is 15.2. The van der Waals surface area contributed by atoms with Crippen molar-refractivity contribution in [3.63, 3.8) is 0 Å². The maximum absolute atomic E-state index is 2.34. The topological polar surface area (TPSA) is 8.81 Å². The first kappa shape index (κ1) is 17.5. The molecule has 130 valence electrons. The number of unbranched alkanes of at least 4 members (excludes halogenated alkanes) is 2. The number of rotatable bonds is 9. The Morgan fingerprint density at radius 1 is 0.920 bits per heavy atom. The molecule has 2 heteroatoms. The van der Waals surface area contributed by atoms with Gasteiger partial charge < -0.3 is 0 Å². The second-order valence-corrected chi connectivity index (χ2v) is 6.85. The molecule has 2 nitrogen and oxygen atoms in total. The maximum Gasteiger partial charge on any atom is 0.243 e. The van der Waals surface area contributed by atoms with Gasteiger partial charge in [-0.25, -0.2) is 9.13 Å². The molecule has 0 aliphatic rings. The fourth-order valence-corrected chi connectivity index (χ4v) is 3.39. The van der Waals surface area contributed by atoms with Crippen molar-refractivity contribution in [1.29, 1.82) is 0 Å². The lowest BCUT2D eigenvalue weighted by atomic mass is 9.92. The summed E-state index contributed by atoms with van der Waals surface area (Å²) in [7, 11) is 0. The highest BCUT2D eigenvalue weighted by Crippen LogP contribution is 2.21. The molecule has 0 aliphatic carbocycles. The van der Waals surface area contributed by atoms with E-state index in [0.29, 0.717) is 5.92 Å². The van der Waals surface area contributed by atoms with E-state index in [-0.39, 0.29) is 0 Å². The van der Waals surface area contributed by atoms with Crippen molar-refractivity contribution in [3.8, 4) is 0 Å². The van der Waals surface area contributed by atoms with Crippen LogP contribution < -0.4 is 4.57 Å². The molecule has 0 N–H and O–H groups in total. The van der Waals surface area contributed by atoms with E-state index in [1.807, 2.05) is 0 Å². The first-order valence-electron chi connectivity index (χ1n) is 9.49. The Hall–Kier alpha value is -2.35. The molecule has 3 rings (SSSR count). The van der Waals surface area contributed by atoms with Gasteiger partial charge in [-0.3, -0.25) is 0 Å². The van der Waals surface area contributed by atoms with Crippen molar-refractivity contribution >= 4 is 0 Å². The summed E-state index contributed by atoms with van der Waals surface area (Å²) in [6.45, 7) is 4.39. The van der Waals surface area contributed by atoms with Crippen molar-refractivity contribution in [2.45, 2.75) is 51.6 Å². The molecule has 0 saturated heterocycles. The number of hydrogen-bond donors (Lipinski definition) is 0. The van der Waals surface area contributed by atoms with Crippen LogP contribution in [0, 0.1) is 0 Å². The van der Waals surface area contributed by atoms with Crippen molar-refractivity contribution < 1.29 is 4.57 Å². The summed E-state index contributed by atoms with van der Waals surface area (Å²) >= 11 is 0. The van der Waals surface area contributed by atoms with Crippen LogP contribution in [0.1, 0.15) is 43.2 Å². The van der Waals surface area contributed by atoms with Gasteiger partial charge in [-0.2, -0.15) is 0 Å². The number of nitrogens with zero attached hydrogens (tertiary/aromatic N) is 2. The van der Waals surface area contributed by atoms with E-state index in [9.17, 15) is 0 Å². The molecule has 1 heterocycles. The molecule has 0 aliphatic heterocycles. The number of aryl methyl sites for hydroxylation is 1. The third-order valence-electron chi connectivity index (χ3n) is 4.79. The van der Waals surface area contributed by atoms with Crippen LogP contribution in [-0.4, -0.2) is 4.57 Å². The Labute approximate surface area is 151 Å². The Kier molecular flexibility index (Phi) is 6.44. The highest BCUT2D eigenvalue weighted by molar-refractivity contribution is 5.23. The van der Waals surface area contributed by atoms with Gasteiger partial charge in [0.25, 0.3) is 0 Å². The minimum atomic E-state index is 0.486. The van der Waals surface area contributed by atoms with E-state index < -0.39 is 0 Å². The zero-order valence-corrected chi connectivity index (χ0v) is 15.2. The molecule has 0 radical (unpaired) electrons. The molecule has 0 bridgehead atoms. The van der Waals surface area contributed by atoms with Gasteiger partial charge >= 0.3 is 0 Å². The molecular weight excluding hydrogens is 304 g/mol. The molecule has 0 fully saturated rings. The quantitative estimate of drug-likeness (QED) is 0.385. The Morgan fingerprint density at radius 2 is 1.64 bits per heavy atom. The number of imidazole rings is 1. The summed E-state index contributed by atoms with van der Waals surface area (Å²) in [6, 6.07) is 21.7. The molecule has 3 aromatic rings. The summed E-state index contributed by atoms with van der Waals surface area (Å²) in [6.07, 6.45) is 11.6. The number of benzene rings is 2. The standard InChI is InChI=1S/C23H29N2/c1-2-3-10-15-24-16-17-25(20-24)19-23(22-13-8-5-9-14-22)18-21-11-6-4-7-12-21/h4-9,11-14,16-17,20,23H,2-3,10,15,18-19H2,1H3/q+1. The van der Waals surface area contributed by atoms with E-state index in [4.69, 9.17) is 0 Å². The van der Waals surface area contributed by atoms with Crippen LogP contribution in [0.2, 0.25) is 0 Å². The van der Waals surface area contributed by atoms with Crippen LogP contribution in [0.15, 0.2) is 79.4 Å². The van der Waals surface area contributed by atoms with Crippen molar-refractivity contribution in [2.75, 3.05) is 0 Å². The van der Waals surface area contributed by atoms with Crippen LogP contribution in [0.4, 0.5) is 0 Å². The molecule has 0 saturated carbocycles. The van der Waals surface area contributed by atoms with E-state index in [2.05, 4.69) is 95.4 Å². The first-order chi connectivity index (χ1) is 12.3. The maximum atomic E-state index is 2.34. The van der Waals surface area contributed by atoms with Gasteiger partial charge in [-0.15, -0.1) is 0 Å². The van der Waals surface area contributed by atoms with Gasteiger partial charge in [0.05, 0.1) is 13.1 Å². The van der Waals surface area contributed by atoms with E-state index in [0.717, 1.165) is 19.5 Å². The fraction of sp³-hybridized carbons (Fsp3) is 0.348. The molecule has 2 aromatic carbocycles. The number of hydrogen-bond acceptors (Lipinski definition) is 0. The van der Waals surface area contributed by atoms with Crippen molar-refractivity contribution in [1.82, 2.24) is 4.57 Å². The third kappa shape index (κ3) is 5.32. The summed E-state index contributed by atoms with van der Waals surface area (Å²) in [5.74, 6) is 0.486. The highest BCUT2D eigenvalue weighted by atomic mass is 15.1. The predicted octanol–water partition coefficient (Wildman–Crippen LogP) is 4.99. The zero-order chi connectivity index (χ0) is 17.3. The smallest absolute Gasteiger partial charge is 0.237 e. The molecule has 25 heavy (non-hydrogen) atoms. The van der Waals surface area contributed by atoms with Gasteiger partial charge in [-0.05, 0) is 30.4 Å². The Balaban J connectivity index is 1.71. The second-order valence-electron chi connectivity index (χ2n) is 6.85. The molecule has 0 amide bonds. The van der Waals surface area contributed by atoms with Gasteiger partial charge in [-0.1, -0.05) is 74.0 Å². The molecule has 1 unspecified atom stereocenters. The molecular formula is C23H29N2+. The Morgan fingerprint density at radius 3 is 2.36 bits per heavy atom. The van der Waals surface area contributed by atoms with Gasteiger partial charge in [0, 0.05) is 5.92 Å². The van der Waals surface area contributed by atoms with E-state index in [1.54, 1.807) is 0 Å². The first-order valence-corrected chi connectivity index (χ1v) is 9.49. The lowest BCUT2D eigenvalue weighted by Gasteiger charge is -2.15. The predicted molar refractivity (Wildman–Crippen MR) is 103 cm³/mol. The lowest BCUT2D eigenvalue weighted by molar-refractivity contribution is -0.699. The van der Waals surface area contributed by atoms with E-state index in [1.165, 1.54) is 30.4 Å². The fourth-order valence-electron chi connectivity index (χ4n) is 3.39. The molecule has 1 aromatic heterocycles. The van der Waals surface area contributed by atoms with Crippen molar-refractivity contribution in [3.05, 3.63) is 90.5 Å². The van der Waals surface area contributed by atoms with Crippen LogP contribution in [0.25, 0.3) is 0 Å². The minimum Gasteiger partial charge on any atom is -0.237 e. The number of aromatic nitrogens is 2. The SMILES string of the molecule is CCCCCn1cc[n+](CC(Cc2ccccc2)c2ccccc2)c1. The second kappa shape index (κ2) is 9.22. The summed E-state index contributed by atoms with van der Waals surface area (Å²) in [5.41, 5.74) is 2.82. The van der Waals surface area contributed by atoms with Gasteiger partial charge in [0.2, 0.25) is 6.33 Å². The van der Waals surface area contributed by atoms with Crippen LogP contribution in [0.3, 0.4) is 0 Å². The average molecular weight is 333 g/mol. The normalized spacial score (nSPS) is 12.2.